The van der Waals surface area contributed by atoms with E-state index in [4.69, 9.17) is 11.6 Å². The minimum Gasteiger partial charge on any atom is -0.347 e. The second-order valence-corrected chi connectivity index (χ2v) is 8.57. The van der Waals surface area contributed by atoms with E-state index in [1.54, 1.807) is 42.5 Å². The Morgan fingerprint density at radius 2 is 1.65 bits per heavy atom. The van der Waals surface area contributed by atoms with Crippen molar-refractivity contribution < 1.29 is 14.4 Å². The van der Waals surface area contributed by atoms with E-state index in [0.29, 0.717) is 21.6 Å². The Hall–Kier alpha value is -3.75. The highest BCUT2D eigenvalue weighted by molar-refractivity contribution is 9.10. The van der Waals surface area contributed by atoms with Gasteiger partial charge < -0.3 is 15.6 Å². The number of anilines is 1. The van der Waals surface area contributed by atoms with Crippen LogP contribution >= 0.6 is 27.5 Å². The molecule has 4 rings (SSSR count). The number of rotatable bonds is 7. The number of hydrogen-bond acceptors (Lipinski definition) is 4. The third kappa shape index (κ3) is 5.24. The van der Waals surface area contributed by atoms with Gasteiger partial charge in [-0.25, -0.2) is 4.98 Å². The van der Waals surface area contributed by atoms with Gasteiger partial charge in [-0.3, -0.25) is 14.4 Å². The molecular weight excluding hydrogens is 520 g/mol. The second kappa shape index (κ2) is 10.5. The molecule has 0 atom stereocenters. The molecule has 1 heterocycles. The number of ketones is 1. The molecular formula is C25H18BrClN4O3. The fourth-order valence-electron chi connectivity index (χ4n) is 3.29. The topological polar surface area (TPSA) is 104 Å². The molecule has 0 saturated carbocycles. The lowest BCUT2D eigenvalue weighted by atomic mass is 10.0. The maximum atomic E-state index is 13.2. The van der Waals surface area contributed by atoms with Crippen molar-refractivity contribution in [3.8, 4) is 0 Å². The molecule has 7 nitrogen and oxygen atoms in total. The summed E-state index contributed by atoms with van der Waals surface area (Å²) in [7, 11) is 0. The van der Waals surface area contributed by atoms with Crippen LogP contribution in [0.2, 0.25) is 5.02 Å². The van der Waals surface area contributed by atoms with Crippen LogP contribution in [0.5, 0.6) is 0 Å². The molecule has 3 N–H and O–H groups in total. The average molecular weight is 538 g/mol. The van der Waals surface area contributed by atoms with Gasteiger partial charge in [0.1, 0.15) is 5.69 Å². The first-order chi connectivity index (χ1) is 16.4. The monoisotopic (exact) mass is 536 g/mol. The number of H-pyrrole nitrogens is 1. The van der Waals surface area contributed by atoms with Crippen LogP contribution in [0.3, 0.4) is 0 Å². The van der Waals surface area contributed by atoms with E-state index in [-0.39, 0.29) is 28.4 Å². The highest BCUT2D eigenvalue weighted by Gasteiger charge is 2.23. The summed E-state index contributed by atoms with van der Waals surface area (Å²) in [5.41, 5.74) is 1.64. The molecule has 3 aromatic carbocycles. The van der Waals surface area contributed by atoms with Gasteiger partial charge in [0.2, 0.25) is 0 Å². The summed E-state index contributed by atoms with van der Waals surface area (Å²) in [6.07, 6.45) is 1.27. The normalized spacial score (nSPS) is 10.5. The van der Waals surface area contributed by atoms with Crippen LogP contribution in [0.1, 0.15) is 42.5 Å². The van der Waals surface area contributed by atoms with Gasteiger partial charge in [0.15, 0.2) is 11.5 Å². The fourth-order valence-corrected chi connectivity index (χ4v) is 3.87. The number of imidazole rings is 1. The predicted molar refractivity (Wildman–Crippen MR) is 133 cm³/mol. The van der Waals surface area contributed by atoms with Crippen molar-refractivity contribution in [2.24, 2.45) is 0 Å². The van der Waals surface area contributed by atoms with Crippen LogP contribution < -0.4 is 10.6 Å². The van der Waals surface area contributed by atoms with Crippen molar-refractivity contribution in [3.05, 3.63) is 117 Å². The van der Waals surface area contributed by atoms with E-state index in [2.05, 4.69) is 36.5 Å². The highest BCUT2D eigenvalue weighted by atomic mass is 79.9. The van der Waals surface area contributed by atoms with E-state index in [0.717, 1.165) is 5.56 Å². The number of carbonyl (C=O) groups is 3. The van der Waals surface area contributed by atoms with Gasteiger partial charge in [-0.2, -0.15) is 0 Å². The number of nitrogens with one attached hydrogen (secondary N) is 3. The van der Waals surface area contributed by atoms with E-state index in [9.17, 15) is 14.4 Å². The summed E-state index contributed by atoms with van der Waals surface area (Å²) in [6, 6.07) is 20.9. The highest BCUT2D eigenvalue weighted by Crippen LogP contribution is 2.27. The lowest BCUT2D eigenvalue weighted by Gasteiger charge is -2.12. The fraction of sp³-hybridized carbons (Fsp3) is 0.0400. The molecule has 0 aliphatic rings. The average Bonchev–Trinajstić information content (AvgIpc) is 3.34. The molecule has 0 fully saturated rings. The van der Waals surface area contributed by atoms with Crippen molar-refractivity contribution in [2.75, 3.05) is 5.32 Å². The molecule has 0 unspecified atom stereocenters. The molecule has 4 aromatic rings. The van der Waals surface area contributed by atoms with Crippen LogP contribution in [0.25, 0.3) is 0 Å². The third-order valence-electron chi connectivity index (χ3n) is 4.97. The predicted octanol–water partition coefficient (Wildman–Crippen LogP) is 5.24. The van der Waals surface area contributed by atoms with Gasteiger partial charge in [-0.15, -0.1) is 0 Å². The first-order valence-corrected chi connectivity index (χ1v) is 11.4. The number of benzene rings is 3. The molecule has 1 aromatic heterocycles. The Kier molecular flexibility index (Phi) is 7.20. The standard InChI is InChI=1S/C25H18BrClN4O3/c26-16-10-11-20(18(12-16)23(32)17-8-4-5-9-19(17)27)31-25(34)22-21(29-14-30-22)24(33)28-13-15-6-2-1-3-7-15/h1-12,14H,13H2,(H,28,33)(H,29,30)(H,31,34). The zero-order chi connectivity index (χ0) is 24.1. The maximum absolute atomic E-state index is 13.2. The Bertz CT molecular complexity index is 1370. The minimum absolute atomic E-state index is 0.0181. The van der Waals surface area contributed by atoms with Crippen LogP contribution in [0.15, 0.2) is 83.6 Å². The summed E-state index contributed by atoms with van der Waals surface area (Å²) < 4.78 is 0.654. The SMILES string of the molecule is O=C(c1ccccc1Cl)c1cc(Br)ccc1NC(=O)c1nc[nH]c1C(=O)NCc1ccccc1. The lowest BCUT2D eigenvalue weighted by molar-refractivity contribution is 0.0932. The molecule has 0 bridgehead atoms. The van der Waals surface area contributed by atoms with Gasteiger partial charge in [0.05, 0.1) is 17.0 Å². The van der Waals surface area contributed by atoms with Crippen LogP contribution in [-0.4, -0.2) is 27.6 Å². The summed E-state index contributed by atoms with van der Waals surface area (Å²) in [4.78, 5) is 45.6. The zero-order valence-corrected chi connectivity index (χ0v) is 20.0. The summed E-state index contributed by atoms with van der Waals surface area (Å²) in [5, 5.41) is 5.75. The van der Waals surface area contributed by atoms with Gasteiger partial charge >= 0.3 is 0 Å². The van der Waals surface area contributed by atoms with Crippen molar-refractivity contribution in [1.29, 1.82) is 0 Å². The number of nitrogens with zero attached hydrogens (tertiary/aromatic N) is 1. The number of carbonyl (C=O) groups excluding carboxylic acids is 3. The van der Waals surface area contributed by atoms with Crippen LogP contribution in [0, 0.1) is 0 Å². The molecule has 0 aliphatic carbocycles. The minimum atomic E-state index is -0.637. The largest absolute Gasteiger partial charge is 0.347 e. The molecule has 0 spiro atoms. The maximum Gasteiger partial charge on any atom is 0.276 e. The molecule has 34 heavy (non-hydrogen) atoms. The summed E-state index contributed by atoms with van der Waals surface area (Å²) >= 11 is 9.56. The summed E-state index contributed by atoms with van der Waals surface area (Å²) in [6.45, 7) is 0.295. The Morgan fingerprint density at radius 3 is 2.41 bits per heavy atom. The van der Waals surface area contributed by atoms with Crippen molar-refractivity contribution in [1.82, 2.24) is 15.3 Å². The number of amides is 2. The summed E-state index contributed by atoms with van der Waals surface area (Å²) in [5.74, 6) is -1.47. The van der Waals surface area contributed by atoms with E-state index in [1.165, 1.54) is 6.33 Å². The Morgan fingerprint density at radius 1 is 0.912 bits per heavy atom. The molecule has 170 valence electrons. The molecule has 0 saturated heterocycles. The third-order valence-corrected chi connectivity index (χ3v) is 5.79. The molecule has 0 aliphatic heterocycles. The van der Waals surface area contributed by atoms with Crippen molar-refractivity contribution in [2.45, 2.75) is 6.54 Å². The van der Waals surface area contributed by atoms with Gasteiger partial charge in [-0.05, 0) is 35.9 Å². The van der Waals surface area contributed by atoms with E-state index in [1.807, 2.05) is 30.3 Å². The number of aromatic nitrogens is 2. The smallest absolute Gasteiger partial charge is 0.276 e. The molecule has 9 heteroatoms. The van der Waals surface area contributed by atoms with Crippen molar-refractivity contribution in [3.63, 3.8) is 0 Å². The number of aromatic amines is 1. The Labute approximate surface area is 208 Å². The van der Waals surface area contributed by atoms with Crippen LogP contribution in [-0.2, 0) is 6.54 Å². The van der Waals surface area contributed by atoms with E-state index >= 15 is 0 Å². The molecule has 0 radical (unpaired) electrons. The van der Waals surface area contributed by atoms with Gasteiger partial charge in [-0.1, -0.05) is 70.0 Å². The van der Waals surface area contributed by atoms with Crippen LogP contribution in [0.4, 0.5) is 5.69 Å². The second-order valence-electron chi connectivity index (χ2n) is 7.25. The first-order valence-electron chi connectivity index (χ1n) is 10.2. The van der Waals surface area contributed by atoms with Gasteiger partial charge in [0.25, 0.3) is 11.8 Å². The quantitative estimate of drug-likeness (QED) is 0.281. The number of halogens is 2. The van der Waals surface area contributed by atoms with Gasteiger partial charge in [0, 0.05) is 22.1 Å². The molecule has 2 amide bonds. The zero-order valence-electron chi connectivity index (χ0n) is 17.6. The lowest BCUT2D eigenvalue weighted by Crippen LogP contribution is -2.26. The first kappa shape index (κ1) is 23.4. The van der Waals surface area contributed by atoms with E-state index < -0.39 is 11.8 Å². The van der Waals surface area contributed by atoms with Crippen molar-refractivity contribution >= 4 is 50.8 Å². The Balaban J connectivity index is 1.55. The number of hydrogen-bond donors (Lipinski definition) is 3.